The van der Waals surface area contributed by atoms with E-state index in [0.29, 0.717) is 11.5 Å². The fraction of sp³-hybridized carbons (Fsp3) is 0.452. The highest BCUT2D eigenvalue weighted by Gasteiger charge is 2.36. The number of aliphatic hydroxyl groups is 1. The van der Waals surface area contributed by atoms with Crippen LogP contribution in [0.1, 0.15) is 37.3 Å². The van der Waals surface area contributed by atoms with Crippen LogP contribution in [0.25, 0.3) is 22.4 Å². The number of carboxylic acid groups (broad SMARTS) is 1. The first-order valence-corrected chi connectivity index (χ1v) is 15.0. The smallest absolute Gasteiger partial charge is 0.411 e. The maximum Gasteiger partial charge on any atom is 0.411 e. The van der Waals surface area contributed by atoms with Gasteiger partial charge in [-0.1, -0.05) is 6.07 Å². The molecule has 0 spiro atoms. The first-order valence-electron chi connectivity index (χ1n) is 15.0. The number of nitrogens with zero attached hydrogens (tertiary/aromatic N) is 8. The molecular weight excluding hydrogens is 548 g/mol. The van der Waals surface area contributed by atoms with E-state index in [1.165, 1.54) is 5.56 Å². The second-order valence-electron chi connectivity index (χ2n) is 11.6. The van der Waals surface area contributed by atoms with Crippen molar-refractivity contribution < 1.29 is 19.7 Å². The van der Waals surface area contributed by atoms with Gasteiger partial charge in [-0.2, -0.15) is 5.10 Å². The third-order valence-corrected chi connectivity index (χ3v) is 8.80. The normalized spacial score (nSPS) is 21.0. The zero-order chi connectivity index (χ0) is 29.3. The molecule has 3 fully saturated rings. The summed E-state index contributed by atoms with van der Waals surface area (Å²) in [4.78, 5) is 32.0. The molecule has 7 rings (SSSR count). The Morgan fingerprint density at radius 3 is 2.44 bits per heavy atom. The Labute approximate surface area is 249 Å². The van der Waals surface area contributed by atoms with Crippen LogP contribution < -0.4 is 9.80 Å². The number of morpholine rings is 1. The van der Waals surface area contributed by atoms with Crippen molar-refractivity contribution in [3.8, 4) is 11.4 Å². The molecule has 4 aromatic rings. The van der Waals surface area contributed by atoms with E-state index in [1.807, 2.05) is 30.6 Å². The summed E-state index contributed by atoms with van der Waals surface area (Å²) in [7, 11) is 0. The number of fused-ring (bicyclic) bond motifs is 3. The van der Waals surface area contributed by atoms with Crippen molar-refractivity contribution in [2.45, 2.75) is 50.5 Å². The zero-order valence-electron chi connectivity index (χ0n) is 24.0. The maximum atomic E-state index is 11.7. The van der Waals surface area contributed by atoms with Crippen molar-refractivity contribution in [2.24, 2.45) is 0 Å². The van der Waals surface area contributed by atoms with Crippen LogP contribution in [0.4, 0.5) is 16.3 Å². The Balaban J connectivity index is 1.20. The van der Waals surface area contributed by atoms with Gasteiger partial charge in [0.25, 0.3) is 0 Å². The van der Waals surface area contributed by atoms with Gasteiger partial charge < -0.3 is 19.8 Å². The molecule has 0 radical (unpaired) electrons. The summed E-state index contributed by atoms with van der Waals surface area (Å²) < 4.78 is 8.20. The van der Waals surface area contributed by atoms with Crippen molar-refractivity contribution in [1.29, 1.82) is 0 Å². The molecule has 2 unspecified atom stereocenters. The fourth-order valence-electron chi connectivity index (χ4n) is 6.63. The van der Waals surface area contributed by atoms with Crippen molar-refractivity contribution in [1.82, 2.24) is 29.6 Å². The number of aliphatic hydroxyl groups excluding tert-OH is 1. The second-order valence-corrected chi connectivity index (χ2v) is 11.6. The molecule has 1 aromatic carbocycles. The van der Waals surface area contributed by atoms with E-state index in [-0.39, 0.29) is 31.4 Å². The van der Waals surface area contributed by atoms with Gasteiger partial charge in [-0.3, -0.25) is 14.8 Å². The summed E-state index contributed by atoms with van der Waals surface area (Å²) in [5.41, 5.74) is 3.32. The highest BCUT2D eigenvalue weighted by Crippen LogP contribution is 2.35. The predicted octanol–water partition coefficient (Wildman–Crippen LogP) is 3.57. The van der Waals surface area contributed by atoms with E-state index in [9.17, 15) is 15.0 Å². The van der Waals surface area contributed by atoms with Crippen LogP contribution in [0.2, 0.25) is 0 Å². The first-order chi connectivity index (χ1) is 21.1. The van der Waals surface area contributed by atoms with Gasteiger partial charge in [0.2, 0.25) is 0 Å². The topological polar surface area (TPSA) is 133 Å². The van der Waals surface area contributed by atoms with E-state index in [1.54, 1.807) is 18.3 Å². The van der Waals surface area contributed by atoms with Gasteiger partial charge >= 0.3 is 6.09 Å². The molecule has 3 aromatic heterocycles. The summed E-state index contributed by atoms with van der Waals surface area (Å²) in [6.07, 6.45) is 9.03. The quantitative estimate of drug-likeness (QED) is 0.317. The summed E-state index contributed by atoms with van der Waals surface area (Å²) in [6, 6.07) is 11.5. The Morgan fingerprint density at radius 1 is 1.00 bits per heavy atom. The summed E-state index contributed by atoms with van der Waals surface area (Å²) in [5, 5.41) is 24.7. The molecule has 12 nitrogen and oxygen atoms in total. The molecule has 2 atom stereocenters. The number of amides is 1. The number of benzene rings is 1. The number of anilines is 2. The molecular formula is C31H36N8O4. The van der Waals surface area contributed by atoms with Crippen molar-refractivity contribution in [3.63, 3.8) is 0 Å². The number of ether oxygens (including phenoxy) is 1. The number of likely N-dealkylation sites (tertiary alicyclic amines) is 1. The minimum absolute atomic E-state index is 0.000884. The molecule has 224 valence electrons. The molecule has 2 bridgehead atoms. The highest BCUT2D eigenvalue weighted by atomic mass is 16.5. The lowest BCUT2D eigenvalue weighted by atomic mass is 10.0. The minimum Gasteiger partial charge on any atom is -0.465 e. The van der Waals surface area contributed by atoms with Crippen molar-refractivity contribution >= 4 is 28.6 Å². The van der Waals surface area contributed by atoms with E-state index in [0.717, 1.165) is 85.7 Å². The van der Waals surface area contributed by atoms with Crippen LogP contribution in [-0.2, 0) is 11.3 Å². The second kappa shape index (κ2) is 11.9. The Hall–Kier alpha value is -4.13. The number of pyridine rings is 1. The van der Waals surface area contributed by atoms with Gasteiger partial charge in [-0.25, -0.2) is 19.4 Å². The third kappa shape index (κ3) is 5.65. The predicted molar refractivity (Wildman–Crippen MR) is 161 cm³/mol. The van der Waals surface area contributed by atoms with Gasteiger partial charge in [0.1, 0.15) is 5.82 Å². The third-order valence-electron chi connectivity index (χ3n) is 8.80. The lowest BCUT2D eigenvalue weighted by Crippen LogP contribution is -2.43. The van der Waals surface area contributed by atoms with Gasteiger partial charge in [-0.15, -0.1) is 0 Å². The Morgan fingerprint density at radius 2 is 1.77 bits per heavy atom. The number of rotatable bonds is 8. The lowest BCUT2D eigenvalue weighted by molar-refractivity contribution is 0.0303. The number of hydrogen-bond donors (Lipinski definition) is 2. The number of piperidine rings is 1. The van der Waals surface area contributed by atoms with Crippen LogP contribution >= 0.6 is 0 Å². The highest BCUT2D eigenvalue weighted by molar-refractivity contribution is 5.89. The van der Waals surface area contributed by atoms with E-state index >= 15 is 0 Å². The summed E-state index contributed by atoms with van der Waals surface area (Å²) in [6.45, 7) is 4.14. The van der Waals surface area contributed by atoms with Crippen molar-refractivity contribution in [2.75, 3.05) is 49.1 Å². The van der Waals surface area contributed by atoms with Crippen LogP contribution in [-0.4, -0.2) is 97.5 Å². The SMILES string of the molecule is O=C(O)N(CCO)c1ccc(-c2nc(N3CC4CCC(C3)O4)c3cnn(C4CCN(Cc5cccnc5)CC4)c3n2)cc1. The first kappa shape index (κ1) is 27.7. The summed E-state index contributed by atoms with van der Waals surface area (Å²) >= 11 is 0. The van der Waals surface area contributed by atoms with Crippen LogP contribution in [0.3, 0.4) is 0 Å². The molecule has 12 heteroatoms. The number of hydrogen-bond acceptors (Lipinski definition) is 9. The average Bonchev–Trinajstić information content (AvgIpc) is 3.62. The molecule has 3 aliphatic rings. The average molecular weight is 585 g/mol. The standard InChI is InChI=1S/C31H36N8O4/c40-15-14-38(31(41)42)23-5-3-22(4-6-23)28-34-29(37-19-25-7-8-26(20-37)43-25)27-17-33-39(30(27)35-28)24-9-12-36(13-10-24)18-21-2-1-11-32-16-21/h1-6,11,16-17,24-26,40H,7-10,12-15,18-20H2,(H,41,42). The van der Waals surface area contributed by atoms with Crippen LogP contribution in [0.15, 0.2) is 55.0 Å². The fourth-order valence-corrected chi connectivity index (χ4v) is 6.63. The molecule has 2 N–H and O–H groups in total. The molecule has 3 aliphatic heterocycles. The summed E-state index contributed by atoms with van der Waals surface area (Å²) in [5.74, 6) is 1.45. The largest absolute Gasteiger partial charge is 0.465 e. The monoisotopic (exact) mass is 584 g/mol. The molecule has 0 saturated carbocycles. The number of carbonyl (C=O) groups is 1. The zero-order valence-corrected chi connectivity index (χ0v) is 24.0. The molecule has 6 heterocycles. The van der Waals surface area contributed by atoms with E-state index < -0.39 is 6.09 Å². The molecule has 43 heavy (non-hydrogen) atoms. The van der Waals surface area contributed by atoms with Crippen LogP contribution in [0, 0.1) is 0 Å². The van der Waals surface area contributed by atoms with Gasteiger partial charge in [0, 0.05) is 56.4 Å². The number of aromatic nitrogens is 5. The van der Waals surface area contributed by atoms with Crippen LogP contribution in [0.5, 0.6) is 0 Å². The van der Waals surface area contributed by atoms with Crippen molar-refractivity contribution in [3.05, 3.63) is 60.6 Å². The van der Waals surface area contributed by atoms with Gasteiger partial charge in [-0.05, 0) is 61.6 Å². The van der Waals surface area contributed by atoms with E-state index in [2.05, 4.69) is 25.5 Å². The molecule has 0 aliphatic carbocycles. The van der Waals surface area contributed by atoms with E-state index in [4.69, 9.17) is 19.8 Å². The molecule has 1 amide bonds. The van der Waals surface area contributed by atoms with Gasteiger partial charge in [0.15, 0.2) is 11.5 Å². The Kier molecular flexibility index (Phi) is 7.64. The maximum absolute atomic E-state index is 11.7. The Bertz CT molecular complexity index is 1560. The minimum atomic E-state index is -1.11. The lowest BCUT2D eigenvalue weighted by Gasteiger charge is -2.33. The molecule has 3 saturated heterocycles. The van der Waals surface area contributed by atoms with Gasteiger partial charge in [0.05, 0.1) is 43.0 Å².